The summed E-state index contributed by atoms with van der Waals surface area (Å²) in [5.74, 6) is 0.0678. The Hall–Kier alpha value is -1.37. The quantitative estimate of drug-likeness (QED) is 0.781. The third-order valence-corrected chi connectivity index (χ3v) is 7.25. The topological polar surface area (TPSA) is 63.2 Å². The molecule has 0 aliphatic rings. The summed E-state index contributed by atoms with van der Waals surface area (Å²) in [6.45, 7) is 3.92. The standard InChI is InChI=1S/C17H20ClNO3S2/c1-12(2)10-16(20)19-11-15(13-5-7-14(18)8-6-13)24(21,22)17-4-3-9-23-17/h3-9,12,15H,10-11H2,1-2H3,(H,19,20)/t15-/m0/s1. The van der Waals surface area contributed by atoms with E-state index in [-0.39, 0.29) is 18.4 Å². The molecule has 1 aromatic carbocycles. The van der Waals surface area contributed by atoms with Crippen LogP contribution < -0.4 is 5.32 Å². The molecular weight excluding hydrogens is 366 g/mol. The van der Waals surface area contributed by atoms with Gasteiger partial charge in [0, 0.05) is 18.0 Å². The molecule has 2 aromatic rings. The lowest BCUT2D eigenvalue weighted by Gasteiger charge is -2.18. The lowest BCUT2D eigenvalue weighted by Crippen LogP contribution is -2.32. The minimum absolute atomic E-state index is 0.0351. The number of hydrogen-bond donors (Lipinski definition) is 1. The normalized spacial score (nSPS) is 13.0. The number of halogens is 1. The predicted molar refractivity (Wildman–Crippen MR) is 98.2 cm³/mol. The molecule has 0 aliphatic carbocycles. The number of benzene rings is 1. The zero-order valence-electron chi connectivity index (χ0n) is 13.5. The van der Waals surface area contributed by atoms with Gasteiger partial charge in [-0.25, -0.2) is 8.42 Å². The fourth-order valence-corrected chi connectivity index (χ4v) is 5.29. The number of carbonyl (C=O) groups is 1. The molecule has 0 radical (unpaired) electrons. The molecule has 1 amide bonds. The summed E-state index contributed by atoms with van der Waals surface area (Å²) in [7, 11) is -3.59. The zero-order valence-corrected chi connectivity index (χ0v) is 15.9. The van der Waals surface area contributed by atoms with Gasteiger partial charge in [-0.1, -0.05) is 43.6 Å². The fraction of sp³-hybridized carbons (Fsp3) is 0.353. The first-order valence-corrected chi connectivity index (χ1v) is 10.4. The smallest absolute Gasteiger partial charge is 0.220 e. The van der Waals surface area contributed by atoms with E-state index >= 15 is 0 Å². The number of nitrogens with one attached hydrogen (secondary N) is 1. The van der Waals surface area contributed by atoms with E-state index in [0.717, 1.165) is 0 Å². The summed E-state index contributed by atoms with van der Waals surface area (Å²) in [5, 5.41) is 4.17. The summed E-state index contributed by atoms with van der Waals surface area (Å²) in [5.41, 5.74) is 0.609. The number of hydrogen-bond acceptors (Lipinski definition) is 4. The Morgan fingerprint density at radius 2 is 1.88 bits per heavy atom. The van der Waals surface area contributed by atoms with Crippen LogP contribution in [0.5, 0.6) is 0 Å². The third kappa shape index (κ3) is 4.82. The highest BCUT2D eigenvalue weighted by Crippen LogP contribution is 2.31. The summed E-state index contributed by atoms with van der Waals surface area (Å²) in [6, 6.07) is 9.97. The average molecular weight is 386 g/mol. The van der Waals surface area contributed by atoms with Gasteiger partial charge < -0.3 is 5.32 Å². The molecule has 0 unspecified atom stereocenters. The second-order valence-electron chi connectivity index (χ2n) is 5.92. The Kier molecular flexibility index (Phi) is 6.43. The molecule has 0 saturated heterocycles. The average Bonchev–Trinajstić information content (AvgIpc) is 3.03. The van der Waals surface area contributed by atoms with Crippen LogP contribution in [0.1, 0.15) is 31.1 Å². The first kappa shape index (κ1) is 19.0. The molecule has 1 aromatic heterocycles. The lowest BCUT2D eigenvalue weighted by molar-refractivity contribution is -0.121. The molecule has 2 rings (SSSR count). The summed E-state index contributed by atoms with van der Waals surface area (Å²) < 4.78 is 26.2. The van der Waals surface area contributed by atoms with Crippen LogP contribution in [-0.2, 0) is 14.6 Å². The number of sulfone groups is 1. The predicted octanol–water partition coefficient (Wildman–Crippen LogP) is 4.08. The van der Waals surface area contributed by atoms with E-state index in [4.69, 9.17) is 11.6 Å². The van der Waals surface area contributed by atoms with Crippen LogP contribution in [0.4, 0.5) is 0 Å². The monoisotopic (exact) mass is 385 g/mol. The number of carbonyl (C=O) groups excluding carboxylic acids is 1. The highest BCUT2D eigenvalue weighted by molar-refractivity contribution is 7.93. The van der Waals surface area contributed by atoms with Crippen molar-refractivity contribution in [3.05, 3.63) is 52.4 Å². The van der Waals surface area contributed by atoms with Crippen LogP contribution in [0.25, 0.3) is 0 Å². The SMILES string of the molecule is CC(C)CC(=O)NC[C@@H](c1ccc(Cl)cc1)S(=O)(=O)c1cccs1. The number of amides is 1. The van der Waals surface area contributed by atoms with E-state index in [0.29, 0.717) is 21.2 Å². The second kappa shape index (κ2) is 8.14. The number of rotatable bonds is 7. The molecule has 0 bridgehead atoms. The van der Waals surface area contributed by atoms with Crippen LogP contribution in [-0.4, -0.2) is 20.9 Å². The Labute approximate surface area is 151 Å². The van der Waals surface area contributed by atoms with E-state index < -0.39 is 15.1 Å². The van der Waals surface area contributed by atoms with Crippen molar-refractivity contribution in [3.8, 4) is 0 Å². The van der Waals surface area contributed by atoms with E-state index in [9.17, 15) is 13.2 Å². The molecule has 0 fully saturated rings. The second-order valence-corrected chi connectivity index (χ2v) is 9.66. The molecule has 7 heteroatoms. The summed E-state index contributed by atoms with van der Waals surface area (Å²) in [6.07, 6.45) is 0.367. The van der Waals surface area contributed by atoms with E-state index in [1.807, 2.05) is 13.8 Å². The molecule has 1 atom stereocenters. The van der Waals surface area contributed by atoms with Gasteiger partial charge in [0.15, 0.2) is 9.84 Å². The van der Waals surface area contributed by atoms with Gasteiger partial charge in [0.25, 0.3) is 0 Å². The van der Waals surface area contributed by atoms with Crippen LogP contribution in [0.3, 0.4) is 0 Å². The van der Waals surface area contributed by atoms with Gasteiger partial charge in [-0.3, -0.25) is 4.79 Å². The zero-order chi connectivity index (χ0) is 17.7. The van der Waals surface area contributed by atoms with Crippen molar-refractivity contribution in [1.82, 2.24) is 5.32 Å². The van der Waals surface area contributed by atoms with Gasteiger partial charge in [0.05, 0.1) is 0 Å². The van der Waals surface area contributed by atoms with Crippen LogP contribution in [0.2, 0.25) is 5.02 Å². The highest BCUT2D eigenvalue weighted by Gasteiger charge is 2.30. The van der Waals surface area contributed by atoms with Gasteiger partial charge in [-0.05, 0) is 35.1 Å². The molecular formula is C17H20ClNO3S2. The van der Waals surface area contributed by atoms with E-state index in [1.165, 1.54) is 11.3 Å². The van der Waals surface area contributed by atoms with Gasteiger partial charge in [0.2, 0.25) is 5.91 Å². The van der Waals surface area contributed by atoms with Crippen molar-refractivity contribution >= 4 is 38.7 Å². The maximum Gasteiger partial charge on any atom is 0.220 e. The third-order valence-electron chi connectivity index (χ3n) is 3.47. The summed E-state index contributed by atoms with van der Waals surface area (Å²) in [4.78, 5) is 11.9. The largest absolute Gasteiger partial charge is 0.354 e. The van der Waals surface area contributed by atoms with E-state index in [1.54, 1.807) is 41.8 Å². The van der Waals surface area contributed by atoms with Gasteiger partial charge >= 0.3 is 0 Å². The van der Waals surface area contributed by atoms with Crippen LogP contribution >= 0.6 is 22.9 Å². The Morgan fingerprint density at radius 3 is 2.42 bits per heavy atom. The fourth-order valence-electron chi connectivity index (χ4n) is 2.30. The summed E-state index contributed by atoms with van der Waals surface area (Å²) >= 11 is 7.07. The van der Waals surface area contributed by atoms with Crippen molar-refractivity contribution in [1.29, 1.82) is 0 Å². The van der Waals surface area contributed by atoms with Gasteiger partial charge in [0.1, 0.15) is 9.46 Å². The molecule has 4 nitrogen and oxygen atoms in total. The first-order chi connectivity index (χ1) is 11.3. The molecule has 130 valence electrons. The van der Waals surface area contributed by atoms with Crippen LogP contribution in [0.15, 0.2) is 46.0 Å². The number of thiophene rings is 1. The van der Waals surface area contributed by atoms with Crippen molar-refractivity contribution in [2.75, 3.05) is 6.54 Å². The first-order valence-electron chi connectivity index (χ1n) is 7.60. The molecule has 0 spiro atoms. The molecule has 0 saturated carbocycles. The molecule has 24 heavy (non-hydrogen) atoms. The van der Waals surface area contributed by atoms with Crippen molar-refractivity contribution in [2.24, 2.45) is 5.92 Å². The lowest BCUT2D eigenvalue weighted by atomic mass is 10.1. The molecule has 1 N–H and O–H groups in total. The molecule has 0 aliphatic heterocycles. The maximum absolute atomic E-state index is 12.9. The Balaban J connectivity index is 2.28. The minimum Gasteiger partial charge on any atom is -0.354 e. The maximum atomic E-state index is 12.9. The van der Waals surface area contributed by atoms with Crippen LogP contribution in [0, 0.1) is 5.92 Å². The highest BCUT2D eigenvalue weighted by atomic mass is 35.5. The Bertz CT molecular complexity index is 769. The Morgan fingerprint density at radius 1 is 1.21 bits per heavy atom. The van der Waals surface area contributed by atoms with Crippen molar-refractivity contribution < 1.29 is 13.2 Å². The van der Waals surface area contributed by atoms with Crippen molar-refractivity contribution in [2.45, 2.75) is 29.7 Å². The minimum atomic E-state index is -3.59. The molecule has 1 heterocycles. The van der Waals surface area contributed by atoms with Crippen molar-refractivity contribution in [3.63, 3.8) is 0 Å². The van der Waals surface area contributed by atoms with Gasteiger partial charge in [-0.2, -0.15) is 0 Å². The van der Waals surface area contributed by atoms with Gasteiger partial charge in [-0.15, -0.1) is 11.3 Å². The van der Waals surface area contributed by atoms with E-state index in [2.05, 4.69) is 5.32 Å².